The summed E-state index contributed by atoms with van der Waals surface area (Å²) in [6, 6.07) is 8.81. The van der Waals surface area contributed by atoms with Gasteiger partial charge in [-0.25, -0.2) is 13.4 Å². The number of hydrogen-bond acceptors (Lipinski definition) is 6. The number of ether oxygens (including phenoxy) is 1. The molecule has 8 heteroatoms. The van der Waals surface area contributed by atoms with Crippen LogP contribution in [0.3, 0.4) is 0 Å². The molecule has 4 rings (SSSR count). The second-order valence-corrected chi connectivity index (χ2v) is 9.46. The lowest BCUT2D eigenvalue weighted by molar-refractivity contribution is -0.0329. The third kappa shape index (κ3) is 3.44. The van der Waals surface area contributed by atoms with E-state index in [2.05, 4.69) is 10.3 Å². The molecule has 0 bridgehead atoms. The highest BCUT2D eigenvalue weighted by Crippen LogP contribution is 2.37. The van der Waals surface area contributed by atoms with Gasteiger partial charge in [-0.2, -0.15) is 4.31 Å². The number of aromatic nitrogens is 1. The highest BCUT2D eigenvalue weighted by atomic mass is 32.2. The van der Waals surface area contributed by atoms with Gasteiger partial charge in [0.05, 0.1) is 23.1 Å². The smallest absolute Gasteiger partial charge is 0.243 e. The zero-order valence-corrected chi connectivity index (χ0v) is 15.4. The van der Waals surface area contributed by atoms with Gasteiger partial charge < -0.3 is 10.1 Å². The Bertz CT molecular complexity index is 811. The summed E-state index contributed by atoms with van der Waals surface area (Å²) in [4.78, 5) is 4.60. The molecule has 2 aromatic rings. The van der Waals surface area contributed by atoms with Gasteiger partial charge in [0.1, 0.15) is 0 Å². The van der Waals surface area contributed by atoms with Crippen LogP contribution >= 0.6 is 11.3 Å². The molecule has 1 aromatic heterocycles. The monoisotopic (exact) mass is 379 g/mol. The Morgan fingerprint density at radius 1 is 1.32 bits per heavy atom. The summed E-state index contributed by atoms with van der Waals surface area (Å²) in [6.07, 6.45) is 4.28. The fourth-order valence-electron chi connectivity index (χ4n) is 3.69. The first kappa shape index (κ1) is 17.0. The van der Waals surface area contributed by atoms with Gasteiger partial charge >= 0.3 is 0 Å². The summed E-state index contributed by atoms with van der Waals surface area (Å²) in [5, 5.41) is 6.21. The molecule has 2 saturated heterocycles. The zero-order valence-electron chi connectivity index (χ0n) is 13.8. The molecule has 25 heavy (non-hydrogen) atoms. The fourth-order valence-corrected chi connectivity index (χ4v) is 5.88. The molecule has 0 aliphatic carbocycles. The van der Waals surface area contributed by atoms with E-state index in [4.69, 9.17) is 4.74 Å². The van der Waals surface area contributed by atoms with Crippen molar-refractivity contribution in [2.75, 3.05) is 25.0 Å². The van der Waals surface area contributed by atoms with Gasteiger partial charge in [-0.3, -0.25) is 0 Å². The summed E-state index contributed by atoms with van der Waals surface area (Å²) in [5.74, 6) is 0. The molecule has 3 heterocycles. The zero-order chi connectivity index (χ0) is 17.3. The quantitative estimate of drug-likeness (QED) is 0.884. The Labute approximate surface area is 151 Å². The van der Waals surface area contributed by atoms with Crippen LogP contribution in [0.15, 0.2) is 46.8 Å². The van der Waals surface area contributed by atoms with Crippen molar-refractivity contribution < 1.29 is 13.2 Å². The Balaban J connectivity index is 1.48. The van der Waals surface area contributed by atoms with Gasteiger partial charge in [0.2, 0.25) is 10.0 Å². The summed E-state index contributed by atoms with van der Waals surface area (Å²) in [7, 11) is -3.47. The molecule has 0 amide bonds. The van der Waals surface area contributed by atoms with Crippen LogP contribution in [0.2, 0.25) is 0 Å². The Morgan fingerprint density at radius 2 is 2.16 bits per heavy atom. The summed E-state index contributed by atoms with van der Waals surface area (Å²) >= 11 is 1.56. The maximum Gasteiger partial charge on any atom is 0.243 e. The minimum Gasteiger partial charge on any atom is -0.371 e. The van der Waals surface area contributed by atoms with Crippen molar-refractivity contribution in [2.24, 2.45) is 0 Å². The lowest BCUT2D eigenvalue weighted by atomic mass is 9.90. The first-order valence-electron chi connectivity index (χ1n) is 8.43. The lowest BCUT2D eigenvalue weighted by Crippen LogP contribution is -2.50. The number of nitrogens with zero attached hydrogens (tertiary/aromatic N) is 2. The van der Waals surface area contributed by atoms with Gasteiger partial charge in [-0.05, 0) is 25.0 Å². The average Bonchev–Trinajstić information content (AvgIpc) is 3.27. The van der Waals surface area contributed by atoms with Crippen LogP contribution < -0.4 is 5.32 Å². The van der Waals surface area contributed by atoms with Gasteiger partial charge in [0.15, 0.2) is 5.13 Å². The molecular weight excluding hydrogens is 358 g/mol. The Hall–Kier alpha value is -1.48. The molecule has 0 radical (unpaired) electrons. The standard InChI is InChI=1S/C17H21N3O3S2/c21-25(22,15-5-2-1-3-6-15)20-9-4-7-17(13-20)11-14(12-23-17)19-16-18-8-10-24-16/h1-3,5-6,8,10,14H,4,7,9,11-13H2,(H,18,19). The van der Waals surface area contributed by atoms with Crippen LogP contribution in [0.1, 0.15) is 19.3 Å². The molecule has 6 nitrogen and oxygen atoms in total. The molecule has 2 unspecified atom stereocenters. The molecule has 2 aliphatic heterocycles. The second kappa shape index (κ2) is 6.68. The van der Waals surface area contributed by atoms with Crippen molar-refractivity contribution in [3.8, 4) is 0 Å². The van der Waals surface area contributed by atoms with Gasteiger partial charge in [-0.15, -0.1) is 11.3 Å². The Kier molecular flexibility index (Phi) is 4.53. The van der Waals surface area contributed by atoms with E-state index in [1.807, 2.05) is 11.4 Å². The summed E-state index contributed by atoms with van der Waals surface area (Å²) in [5.41, 5.74) is -0.394. The van der Waals surface area contributed by atoms with Crippen molar-refractivity contribution in [1.29, 1.82) is 0 Å². The lowest BCUT2D eigenvalue weighted by Gasteiger charge is -2.38. The van der Waals surface area contributed by atoms with E-state index < -0.39 is 15.6 Å². The number of anilines is 1. The molecule has 1 aromatic carbocycles. The second-order valence-electron chi connectivity index (χ2n) is 6.63. The molecule has 2 atom stereocenters. The van der Waals surface area contributed by atoms with Gasteiger partial charge in [0, 0.05) is 31.1 Å². The average molecular weight is 380 g/mol. The molecule has 1 N–H and O–H groups in total. The van der Waals surface area contributed by atoms with Crippen molar-refractivity contribution in [3.05, 3.63) is 41.9 Å². The van der Waals surface area contributed by atoms with E-state index in [1.165, 1.54) is 0 Å². The number of rotatable bonds is 4. The largest absolute Gasteiger partial charge is 0.371 e. The van der Waals surface area contributed by atoms with Crippen molar-refractivity contribution >= 4 is 26.5 Å². The maximum absolute atomic E-state index is 12.9. The number of sulfonamides is 1. The third-order valence-electron chi connectivity index (χ3n) is 4.85. The third-order valence-corrected chi connectivity index (χ3v) is 7.42. The predicted molar refractivity (Wildman–Crippen MR) is 97.3 cm³/mol. The van der Waals surface area contributed by atoms with Gasteiger partial charge in [0.25, 0.3) is 0 Å². The van der Waals surface area contributed by atoms with Crippen molar-refractivity contribution in [2.45, 2.75) is 35.8 Å². The van der Waals surface area contributed by atoms with E-state index >= 15 is 0 Å². The van der Waals surface area contributed by atoms with E-state index in [0.717, 1.165) is 24.4 Å². The first-order valence-corrected chi connectivity index (χ1v) is 10.7. The van der Waals surface area contributed by atoms with Crippen LogP contribution in [0, 0.1) is 0 Å². The number of thiazole rings is 1. The first-order chi connectivity index (χ1) is 12.1. The fraction of sp³-hybridized carbons (Fsp3) is 0.471. The molecular formula is C17H21N3O3S2. The molecule has 2 aliphatic rings. The highest BCUT2D eigenvalue weighted by Gasteiger charge is 2.46. The van der Waals surface area contributed by atoms with Crippen molar-refractivity contribution in [3.63, 3.8) is 0 Å². The maximum atomic E-state index is 12.9. The predicted octanol–water partition coefficient (Wildman–Crippen LogP) is 2.57. The van der Waals surface area contributed by atoms with E-state index in [9.17, 15) is 8.42 Å². The van der Waals surface area contributed by atoms with Crippen LogP contribution in [0.5, 0.6) is 0 Å². The normalized spacial score (nSPS) is 27.6. The number of nitrogens with one attached hydrogen (secondary N) is 1. The molecule has 0 saturated carbocycles. The molecule has 134 valence electrons. The number of piperidine rings is 1. The van der Waals surface area contributed by atoms with Crippen LogP contribution in [0.4, 0.5) is 5.13 Å². The summed E-state index contributed by atoms with van der Waals surface area (Å²) in [6.45, 7) is 1.55. The minimum atomic E-state index is -3.47. The molecule has 1 spiro atoms. The number of hydrogen-bond donors (Lipinski definition) is 1. The van der Waals surface area contributed by atoms with Crippen LogP contribution in [-0.2, 0) is 14.8 Å². The SMILES string of the molecule is O=S(=O)(c1ccccc1)N1CCCC2(CC(Nc3nccs3)CO2)C1. The van der Waals surface area contributed by atoms with E-state index in [1.54, 1.807) is 46.1 Å². The van der Waals surface area contributed by atoms with Gasteiger partial charge in [-0.1, -0.05) is 18.2 Å². The Morgan fingerprint density at radius 3 is 2.92 bits per heavy atom. The highest BCUT2D eigenvalue weighted by molar-refractivity contribution is 7.89. The van der Waals surface area contributed by atoms with Crippen LogP contribution in [0.25, 0.3) is 0 Å². The number of benzene rings is 1. The summed E-state index contributed by atoms with van der Waals surface area (Å²) < 4.78 is 33.5. The van der Waals surface area contributed by atoms with Crippen molar-refractivity contribution in [1.82, 2.24) is 9.29 Å². The molecule has 2 fully saturated rings. The van der Waals surface area contributed by atoms with E-state index in [-0.39, 0.29) is 6.04 Å². The van der Waals surface area contributed by atoms with Crippen LogP contribution in [-0.4, -0.2) is 49.0 Å². The van der Waals surface area contributed by atoms with E-state index in [0.29, 0.717) is 24.6 Å². The minimum absolute atomic E-state index is 0.172. The topological polar surface area (TPSA) is 71.5 Å².